The summed E-state index contributed by atoms with van der Waals surface area (Å²) in [6.07, 6.45) is 5.27. The maximum Gasteiger partial charge on any atom is 0 e. The van der Waals surface area contributed by atoms with Gasteiger partial charge in [0.1, 0.15) is 0 Å². The van der Waals surface area contributed by atoms with Crippen molar-refractivity contribution in [1.29, 1.82) is 0 Å². The van der Waals surface area contributed by atoms with E-state index in [2.05, 4.69) is 31.2 Å². The first-order valence-corrected chi connectivity index (χ1v) is 8.59. The molecule has 24 heavy (non-hydrogen) atoms. The van der Waals surface area contributed by atoms with E-state index in [1.165, 1.54) is 11.1 Å². The van der Waals surface area contributed by atoms with E-state index in [1.54, 1.807) is 0 Å². The summed E-state index contributed by atoms with van der Waals surface area (Å²) in [7, 11) is 0. The first kappa shape index (κ1) is 28.0. The van der Waals surface area contributed by atoms with Gasteiger partial charge in [-0.05, 0) is 0 Å². The van der Waals surface area contributed by atoms with Gasteiger partial charge in [0, 0.05) is 32.7 Å². The fraction of sp³-hybridized carbons (Fsp3) is 0.364. The van der Waals surface area contributed by atoms with Crippen molar-refractivity contribution in [2.45, 2.75) is 53.4 Å². The van der Waals surface area contributed by atoms with Crippen molar-refractivity contribution >= 4 is 6.29 Å². The Bertz CT molecular complexity index is 440. The van der Waals surface area contributed by atoms with E-state index in [9.17, 15) is 4.79 Å². The van der Waals surface area contributed by atoms with Crippen LogP contribution in [0.15, 0.2) is 60.7 Å². The second-order valence-corrected chi connectivity index (χ2v) is 4.22. The summed E-state index contributed by atoms with van der Waals surface area (Å²) in [6.45, 7) is 11.8. The molecule has 131 valence electrons. The van der Waals surface area contributed by atoms with Gasteiger partial charge in [-0.3, -0.25) is 6.29 Å². The van der Waals surface area contributed by atoms with E-state index in [-0.39, 0.29) is 32.7 Å². The minimum atomic E-state index is 0. The molecular weight excluding hydrogens is 369 g/mol. The third kappa shape index (κ3) is 17.6. The molecule has 0 spiro atoms. The van der Waals surface area contributed by atoms with Crippen molar-refractivity contribution in [2.75, 3.05) is 0 Å². The quantitative estimate of drug-likeness (QED) is 0.543. The molecule has 0 saturated carbocycles. The van der Waals surface area contributed by atoms with Gasteiger partial charge in [0.15, 0.2) is 0 Å². The molecule has 1 radical (unpaired) electrons. The van der Waals surface area contributed by atoms with Crippen molar-refractivity contribution in [1.82, 2.24) is 0 Å². The van der Waals surface area contributed by atoms with Crippen LogP contribution in [0.4, 0.5) is 0 Å². The van der Waals surface area contributed by atoms with Crippen LogP contribution in [0.25, 0.3) is 0 Å². The average molecular weight is 401 g/mol. The fourth-order valence-corrected chi connectivity index (χ4v) is 1.69. The van der Waals surface area contributed by atoms with Crippen LogP contribution in [0.5, 0.6) is 0 Å². The van der Waals surface area contributed by atoms with E-state index in [1.807, 2.05) is 70.4 Å². The Balaban J connectivity index is -0.000000295. The van der Waals surface area contributed by atoms with Crippen molar-refractivity contribution in [3.63, 3.8) is 0 Å². The van der Waals surface area contributed by atoms with Crippen LogP contribution in [0.2, 0.25) is 0 Å². The molecule has 2 aromatic carbocycles. The predicted octanol–water partition coefficient (Wildman–Crippen LogP) is 6.23. The van der Waals surface area contributed by atoms with Gasteiger partial charge in [0.2, 0.25) is 0 Å². The van der Waals surface area contributed by atoms with Crippen LogP contribution in [-0.4, -0.2) is 6.29 Å². The molecule has 0 amide bonds. The van der Waals surface area contributed by atoms with Crippen molar-refractivity contribution in [3.8, 4) is 0 Å². The molecular formula is C22H32OY-2. The number of rotatable bonds is 5. The maximum atomic E-state index is 9.85. The van der Waals surface area contributed by atoms with Gasteiger partial charge >= 0.3 is 0 Å². The molecule has 0 N–H and O–H groups in total. The zero-order valence-electron chi connectivity index (χ0n) is 15.8. The molecule has 2 rings (SSSR count). The smallest absolute Gasteiger partial charge is 0 e. The summed E-state index contributed by atoms with van der Waals surface area (Å²) >= 11 is 0. The normalized spacial score (nSPS) is 7.88. The van der Waals surface area contributed by atoms with E-state index < -0.39 is 0 Å². The van der Waals surface area contributed by atoms with Crippen LogP contribution in [0.1, 0.15) is 51.7 Å². The summed E-state index contributed by atoms with van der Waals surface area (Å²) in [5, 5.41) is 0. The predicted molar refractivity (Wildman–Crippen MR) is 103 cm³/mol. The van der Waals surface area contributed by atoms with Crippen molar-refractivity contribution in [2.24, 2.45) is 0 Å². The average Bonchev–Trinajstić information content (AvgIpc) is 2.66. The third-order valence-corrected chi connectivity index (χ3v) is 2.67. The Morgan fingerprint density at radius 1 is 0.750 bits per heavy atom. The molecule has 0 heterocycles. The summed E-state index contributed by atoms with van der Waals surface area (Å²) < 4.78 is 0. The fourth-order valence-electron chi connectivity index (χ4n) is 1.69. The SMILES string of the molecule is CC.CC.O=[C-]CCc1ccccc1.[CH2-]CCc1ccccc1.[Y]. The van der Waals surface area contributed by atoms with Gasteiger partial charge in [-0.15, -0.1) is 6.42 Å². The number of benzene rings is 2. The van der Waals surface area contributed by atoms with E-state index >= 15 is 0 Å². The largest absolute Gasteiger partial charge is 0.542 e. The monoisotopic (exact) mass is 401 g/mol. The van der Waals surface area contributed by atoms with Crippen LogP contribution in [0.3, 0.4) is 0 Å². The zero-order valence-corrected chi connectivity index (χ0v) is 18.6. The second-order valence-electron chi connectivity index (χ2n) is 4.22. The molecule has 0 aliphatic heterocycles. The van der Waals surface area contributed by atoms with Gasteiger partial charge in [-0.2, -0.15) is 6.42 Å². The molecule has 0 aromatic heterocycles. The number of hydrogen-bond donors (Lipinski definition) is 0. The van der Waals surface area contributed by atoms with E-state index in [4.69, 9.17) is 0 Å². The number of carbonyl (C=O) groups excluding carboxylic acids is 1. The van der Waals surface area contributed by atoms with Crippen LogP contribution >= 0.6 is 0 Å². The summed E-state index contributed by atoms with van der Waals surface area (Å²) in [6, 6.07) is 20.3. The van der Waals surface area contributed by atoms with Crippen molar-refractivity contribution in [3.05, 3.63) is 78.7 Å². The molecule has 1 nitrogen and oxygen atoms in total. The third-order valence-electron chi connectivity index (χ3n) is 2.67. The second kappa shape index (κ2) is 24.5. The van der Waals surface area contributed by atoms with Crippen LogP contribution in [-0.2, 0) is 50.3 Å². The molecule has 2 heteroatoms. The van der Waals surface area contributed by atoms with Gasteiger partial charge in [-0.25, -0.2) is 0 Å². The Hall–Kier alpha value is -0.786. The Morgan fingerprint density at radius 3 is 1.46 bits per heavy atom. The Labute approximate surface area is 175 Å². The summed E-state index contributed by atoms with van der Waals surface area (Å²) in [4.78, 5) is 9.85. The number of hydrogen-bond acceptors (Lipinski definition) is 1. The summed E-state index contributed by atoms with van der Waals surface area (Å²) in [5.74, 6) is 0. The Morgan fingerprint density at radius 2 is 1.12 bits per heavy atom. The topological polar surface area (TPSA) is 17.1 Å². The first-order chi connectivity index (χ1) is 11.4. The molecule has 0 bridgehead atoms. The van der Waals surface area contributed by atoms with Gasteiger partial charge in [-0.1, -0.05) is 112 Å². The van der Waals surface area contributed by atoms with E-state index in [0.29, 0.717) is 6.42 Å². The minimum Gasteiger partial charge on any atom is -0.542 e. The van der Waals surface area contributed by atoms with Gasteiger partial charge in [0.05, 0.1) is 0 Å². The molecule has 0 aliphatic carbocycles. The number of aryl methyl sites for hydroxylation is 2. The Kier molecular flexibility index (Phi) is 28.6. The summed E-state index contributed by atoms with van der Waals surface area (Å²) in [5.41, 5.74) is 2.58. The maximum absolute atomic E-state index is 9.85. The molecule has 0 atom stereocenters. The molecule has 0 saturated heterocycles. The van der Waals surface area contributed by atoms with Crippen molar-refractivity contribution < 1.29 is 37.5 Å². The molecule has 2 aromatic rings. The van der Waals surface area contributed by atoms with Gasteiger partial charge in [0.25, 0.3) is 0 Å². The molecule has 0 unspecified atom stereocenters. The van der Waals surface area contributed by atoms with E-state index in [0.717, 1.165) is 19.3 Å². The first-order valence-electron chi connectivity index (χ1n) is 8.59. The van der Waals surface area contributed by atoms with Crippen LogP contribution in [0, 0.1) is 6.92 Å². The molecule has 0 aliphatic rings. The molecule has 0 fully saturated rings. The zero-order chi connectivity index (χ0) is 17.8. The minimum absolute atomic E-state index is 0. The standard InChI is InChI=1S/C9H9O.C9H11.2C2H6.Y/c10-8-4-7-9-5-2-1-3-6-9;1-2-6-9-7-4-3-5-8-9;2*1-2;/h1-3,5-6H,4,7H2;3-5,7-8H,1-2,6H2;2*1-2H3;/q2*-1;;;. The van der Waals surface area contributed by atoms with Gasteiger partial charge < -0.3 is 11.7 Å². The van der Waals surface area contributed by atoms with Crippen LogP contribution < -0.4 is 0 Å².